The number of rotatable bonds is 3. The Morgan fingerprint density at radius 1 is 0.596 bits per heavy atom. The minimum atomic E-state index is 0. The SMILES string of the molecule is C1=CC2c3[nH]c(-c4cccs4)nc3-c3cccnc3C2N=C1.[Ru+3].c1ccc(-c2ccccn2)nc1.c1ccc(-c2ccccn2)nc1. The molecule has 1 aliphatic carbocycles. The Morgan fingerprint density at radius 3 is 1.68 bits per heavy atom. The predicted octanol–water partition coefficient (Wildman–Crippen LogP) is 8.26. The molecule has 2 atom stereocenters. The Balaban J connectivity index is 0.000000132. The van der Waals surface area contributed by atoms with Crippen molar-refractivity contribution in [2.45, 2.75) is 12.0 Å². The Bertz CT molecular complexity index is 1900. The number of pyridine rings is 5. The van der Waals surface area contributed by atoms with Crippen LogP contribution in [-0.2, 0) is 19.5 Å². The molecule has 8 nitrogen and oxygen atoms in total. The van der Waals surface area contributed by atoms with Crippen LogP contribution in [0.3, 0.4) is 0 Å². The summed E-state index contributed by atoms with van der Waals surface area (Å²) in [6.07, 6.45) is 15.0. The van der Waals surface area contributed by atoms with E-state index in [1.807, 2.05) is 103 Å². The summed E-state index contributed by atoms with van der Waals surface area (Å²) in [6, 6.07) is 31.4. The number of aromatic amines is 1. The third kappa shape index (κ3) is 7.25. The van der Waals surface area contributed by atoms with Crippen LogP contribution in [0.4, 0.5) is 0 Å². The van der Waals surface area contributed by atoms with E-state index in [1.165, 1.54) is 0 Å². The number of hydrogen-bond acceptors (Lipinski definition) is 8. The second-order valence-electron chi connectivity index (χ2n) is 10.3. The molecule has 1 aliphatic heterocycles. The molecule has 8 heterocycles. The number of dihydropyridines is 1. The van der Waals surface area contributed by atoms with Gasteiger partial charge in [0, 0.05) is 48.7 Å². The molecule has 7 aromatic rings. The minimum absolute atomic E-state index is 0. The van der Waals surface area contributed by atoms with Gasteiger partial charge in [-0.25, -0.2) is 4.98 Å². The summed E-state index contributed by atoms with van der Waals surface area (Å²) in [7, 11) is 0. The molecule has 0 saturated carbocycles. The summed E-state index contributed by atoms with van der Waals surface area (Å²) in [5.41, 5.74) is 7.92. The van der Waals surface area contributed by atoms with E-state index in [0.717, 1.165) is 56.1 Å². The number of imidazole rings is 1. The van der Waals surface area contributed by atoms with Crippen molar-refractivity contribution in [3.05, 3.63) is 157 Å². The molecule has 47 heavy (non-hydrogen) atoms. The first-order valence-electron chi connectivity index (χ1n) is 14.8. The monoisotopic (exact) mass is 718 g/mol. The molecule has 7 aromatic heterocycles. The number of fused-ring (bicyclic) bond motifs is 6. The fourth-order valence-electron chi connectivity index (χ4n) is 5.28. The second-order valence-corrected chi connectivity index (χ2v) is 11.2. The summed E-state index contributed by atoms with van der Waals surface area (Å²) in [5.74, 6) is 1.11. The number of nitrogens with one attached hydrogen (secondary N) is 1. The van der Waals surface area contributed by atoms with E-state index in [9.17, 15) is 0 Å². The van der Waals surface area contributed by atoms with Crippen molar-refractivity contribution in [3.63, 3.8) is 0 Å². The van der Waals surface area contributed by atoms with Crippen molar-refractivity contribution in [1.29, 1.82) is 0 Å². The van der Waals surface area contributed by atoms with Crippen LogP contribution in [0, 0.1) is 0 Å². The third-order valence-electron chi connectivity index (χ3n) is 7.37. The van der Waals surface area contributed by atoms with Crippen LogP contribution >= 0.6 is 11.3 Å². The van der Waals surface area contributed by atoms with Gasteiger partial charge in [0.05, 0.1) is 44.7 Å². The van der Waals surface area contributed by atoms with Crippen LogP contribution in [0.1, 0.15) is 23.3 Å². The Labute approximate surface area is 289 Å². The van der Waals surface area contributed by atoms with Gasteiger partial charge in [-0.3, -0.25) is 29.9 Å². The molecule has 1 N–H and O–H groups in total. The zero-order chi connectivity index (χ0) is 31.0. The summed E-state index contributed by atoms with van der Waals surface area (Å²) >= 11 is 1.69. The number of allylic oxidation sites excluding steroid dienone is 1. The molecule has 2 unspecified atom stereocenters. The van der Waals surface area contributed by atoms with Crippen molar-refractivity contribution in [2.75, 3.05) is 0 Å². The van der Waals surface area contributed by atoms with Crippen molar-refractivity contribution < 1.29 is 19.5 Å². The van der Waals surface area contributed by atoms with Crippen molar-refractivity contribution in [1.82, 2.24) is 34.9 Å². The molecule has 10 heteroatoms. The van der Waals surface area contributed by atoms with E-state index < -0.39 is 0 Å². The maximum Gasteiger partial charge on any atom is 3.00 e. The van der Waals surface area contributed by atoms with E-state index in [0.29, 0.717) is 0 Å². The molecule has 0 saturated heterocycles. The smallest absolute Gasteiger partial charge is 0.340 e. The maximum atomic E-state index is 4.85. The van der Waals surface area contributed by atoms with Gasteiger partial charge in [-0.1, -0.05) is 36.4 Å². The van der Waals surface area contributed by atoms with Crippen LogP contribution in [0.25, 0.3) is 44.7 Å². The first kappa shape index (κ1) is 31.7. The maximum absolute atomic E-state index is 4.85. The van der Waals surface area contributed by atoms with Crippen LogP contribution in [0.5, 0.6) is 0 Å². The molecule has 0 amide bonds. The first-order chi connectivity index (χ1) is 22.8. The Hall–Kier alpha value is -5.31. The first-order valence-corrected chi connectivity index (χ1v) is 15.7. The molecule has 0 spiro atoms. The molecule has 2 aliphatic rings. The molecular weight excluding hydrogens is 690 g/mol. The molecule has 9 rings (SSSR count). The van der Waals surface area contributed by atoms with Gasteiger partial charge in [-0.05, 0) is 78.2 Å². The van der Waals surface area contributed by atoms with Gasteiger partial charge >= 0.3 is 19.5 Å². The molecule has 1 radical (unpaired) electrons. The molecular formula is C37H28N8RuS+3. The summed E-state index contributed by atoms with van der Waals surface area (Å²) < 4.78 is 0. The van der Waals surface area contributed by atoms with E-state index in [2.05, 4.69) is 58.5 Å². The van der Waals surface area contributed by atoms with Crippen LogP contribution in [0.2, 0.25) is 0 Å². The van der Waals surface area contributed by atoms with Gasteiger partial charge in [0.1, 0.15) is 11.9 Å². The average Bonchev–Trinajstić information content (AvgIpc) is 3.86. The predicted molar refractivity (Wildman–Crippen MR) is 183 cm³/mol. The summed E-state index contributed by atoms with van der Waals surface area (Å²) in [4.78, 5) is 35.5. The Morgan fingerprint density at radius 2 is 1.17 bits per heavy atom. The number of nitrogens with zero attached hydrogens (tertiary/aromatic N) is 7. The number of thiophene rings is 1. The Kier molecular flexibility index (Phi) is 10.3. The van der Waals surface area contributed by atoms with Gasteiger partial charge in [0.15, 0.2) is 0 Å². The van der Waals surface area contributed by atoms with Gasteiger partial charge in [0.25, 0.3) is 0 Å². The van der Waals surface area contributed by atoms with Gasteiger partial charge in [0.2, 0.25) is 0 Å². The van der Waals surface area contributed by atoms with Crippen LogP contribution in [-0.4, -0.2) is 41.1 Å². The second kappa shape index (κ2) is 15.3. The summed E-state index contributed by atoms with van der Waals surface area (Å²) in [6.45, 7) is 0. The zero-order valence-corrected chi connectivity index (χ0v) is 27.5. The van der Waals surface area contributed by atoms with E-state index in [4.69, 9.17) is 4.98 Å². The van der Waals surface area contributed by atoms with Crippen molar-refractivity contribution in [3.8, 4) is 44.7 Å². The van der Waals surface area contributed by atoms with Crippen molar-refractivity contribution in [2.24, 2.45) is 4.99 Å². The fourth-order valence-corrected chi connectivity index (χ4v) is 5.95. The zero-order valence-electron chi connectivity index (χ0n) is 25.0. The third-order valence-corrected chi connectivity index (χ3v) is 8.25. The fraction of sp³-hybridized carbons (Fsp3) is 0.0541. The summed E-state index contributed by atoms with van der Waals surface area (Å²) in [5, 5.41) is 2.07. The van der Waals surface area contributed by atoms with E-state index >= 15 is 0 Å². The topological polar surface area (TPSA) is 105 Å². The van der Waals surface area contributed by atoms with Crippen LogP contribution in [0.15, 0.2) is 151 Å². The molecule has 0 bridgehead atoms. The van der Waals surface area contributed by atoms with E-state index in [-0.39, 0.29) is 31.4 Å². The normalized spacial score (nSPS) is 14.9. The van der Waals surface area contributed by atoms with Gasteiger partial charge < -0.3 is 4.98 Å². The van der Waals surface area contributed by atoms with E-state index in [1.54, 1.807) is 36.1 Å². The number of H-pyrrole nitrogens is 1. The number of hydrogen-bond donors (Lipinski definition) is 1. The van der Waals surface area contributed by atoms with Gasteiger partial charge in [-0.15, -0.1) is 11.3 Å². The van der Waals surface area contributed by atoms with Gasteiger partial charge in [-0.2, -0.15) is 0 Å². The molecule has 0 fully saturated rings. The minimum Gasteiger partial charge on any atom is -0.340 e. The number of aromatic nitrogens is 7. The largest absolute Gasteiger partial charge is 3.00 e. The standard InChI is InChI=1S/C17H12N4S.2C10H8N2.Ru/c1-4-10-13(18-7-1)14-11(5-2-8-19-14)16-15(10)20-17(21-16)12-6-3-9-22-12;2*1-3-7-11-9(5-1)10-6-2-4-8-12-10;/h1-10,13H,(H,20,21);2*1-8H;/q;;;+3. The average molecular weight is 718 g/mol. The number of aliphatic imine (C=N–C) groups is 1. The van der Waals surface area contributed by atoms with Crippen LogP contribution < -0.4 is 0 Å². The molecule has 0 aromatic carbocycles. The molecule has 227 valence electrons. The van der Waals surface area contributed by atoms with Crippen molar-refractivity contribution >= 4 is 17.6 Å². The quantitative estimate of drug-likeness (QED) is 0.185.